The molecule has 0 aliphatic heterocycles. The molecule has 0 spiro atoms. The highest BCUT2D eigenvalue weighted by molar-refractivity contribution is 7.92. The smallest absolute Gasteiger partial charge is 0.357 e. The van der Waals surface area contributed by atoms with Gasteiger partial charge in [0.1, 0.15) is 0 Å². The number of hydrogen-bond donors (Lipinski definition) is 0. The number of esters is 1. The van der Waals surface area contributed by atoms with Crippen LogP contribution in [0.15, 0.2) is 5.16 Å². The minimum Gasteiger partial charge on any atom is -0.463 e. The highest BCUT2D eigenvalue weighted by Crippen LogP contribution is 2.21. The summed E-state index contributed by atoms with van der Waals surface area (Å²) in [5.74, 6) is -1.48. The van der Waals surface area contributed by atoms with Crippen LogP contribution in [0.25, 0.3) is 0 Å². The Bertz CT molecular complexity index is 563. The molecule has 0 radical (unpaired) electrons. The fraction of sp³-hybridized carbons (Fsp3) is 0.778. The Morgan fingerprint density at radius 3 is 2.53 bits per heavy atom. The number of carbonyl (C=O) groups excluding carboxylic acids is 1. The summed E-state index contributed by atoms with van der Waals surface area (Å²) in [5.41, 5.74) is -3.63. The number of halogens is 1. The van der Waals surface area contributed by atoms with Crippen LogP contribution in [0.4, 0.5) is 4.39 Å². The maximum Gasteiger partial charge on any atom is 0.357 e. The zero-order valence-corrected chi connectivity index (χ0v) is 11.8. The maximum atomic E-state index is 13.7. The van der Waals surface area contributed by atoms with Crippen molar-refractivity contribution >= 4 is 15.8 Å². The second kappa shape index (κ2) is 5.19. The third-order valence-electron chi connectivity index (χ3n) is 2.08. The summed E-state index contributed by atoms with van der Waals surface area (Å²) in [5, 5.41) is 9.28. The van der Waals surface area contributed by atoms with Gasteiger partial charge in [-0.15, -0.1) is 0 Å². The Kier molecular flexibility index (Phi) is 4.23. The number of hydrogen-bond acceptors (Lipinski definition) is 7. The van der Waals surface area contributed by atoms with Crippen molar-refractivity contribution in [2.45, 2.75) is 43.9 Å². The monoisotopic (exact) mass is 294 g/mol. The Hall–Kier alpha value is -1.58. The lowest BCUT2D eigenvalue weighted by atomic mass is 10.1. The minimum absolute atomic E-state index is 0.126. The molecular formula is C9H15FN4O4S. The van der Waals surface area contributed by atoms with Crippen LogP contribution >= 0.6 is 0 Å². The molecule has 10 heteroatoms. The first-order chi connectivity index (χ1) is 8.62. The second-order valence-corrected chi connectivity index (χ2v) is 6.53. The topological polar surface area (TPSA) is 104 Å². The van der Waals surface area contributed by atoms with E-state index in [0.29, 0.717) is 0 Å². The zero-order valence-electron chi connectivity index (χ0n) is 11.0. The Morgan fingerprint density at radius 1 is 1.47 bits per heavy atom. The molecule has 19 heavy (non-hydrogen) atoms. The van der Waals surface area contributed by atoms with Crippen molar-refractivity contribution in [3.8, 4) is 0 Å². The normalized spacial score (nSPS) is 14.2. The molecule has 0 N–H and O–H groups in total. The van der Waals surface area contributed by atoms with Gasteiger partial charge in [-0.2, -0.15) is 0 Å². The predicted octanol–water partition coefficient (Wildman–Crippen LogP) is 0.0605. The van der Waals surface area contributed by atoms with Gasteiger partial charge in [-0.25, -0.2) is 22.3 Å². The van der Waals surface area contributed by atoms with E-state index in [1.54, 1.807) is 20.8 Å². The maximum absolute atomic E-state index is 13.7. The summed E-state index contributed by atoms with van der Waals surface area (Å²) < 4.78 is 42.9. The highest BCUT2D eigenvalue weighted by Gasteiger charge is 2.41. The van der Waals surface area contributed by atoms with Crippen LogP contribution in [0.1, 0.15) is 27.7 Å². The fourth-order valence-electron chi connectivity index (χ4n) is 1.20. The molecule has 0 aliphatic rings. The summed E-state index contributed by atoms with van der Waals surface area (Å²) in [7, 11) is -4.65. The molecule has 1 aromatic heterocycles. The Balaban J connectivity index is 3.22. The number of sulfone groups is 1. The van der Waals surface area contributed by atoms with E-state index >= 15 is 0 Å². The second-order valence-electron chi connectivity index (χ2n) is 4.66. The van der Waals surface area contributed by atoms with Crippen molar-refractivity contribution in [1.82, 2.24) is 20.2 Å². The number of carbonyl (C=O) groups is 1. The minimum atomic E-state index is -4.65. The van der Waals surface area contributed by atoms with Crippen molar-refractivity contribution in [2.24, 2.45) is 0 Å². The van der Waals surface area contributed by atoms with E-state index in [1.165, 1.54) is 6.92 Å². The summed E-state index contributed by atoms with van der Waals surface area (Å²) in [6.07, 6.45) is 0. The fourth-order valence-corrected chi connectivity index (χ4v) is 2.41. The van der Waals surface area contributed by atoms with Crippen molar-refractivity contribution in [3.05, 3.63) is 0 Å². The van der Waals surface area contributed by atoms with E-state index in [9.17, 15) is 17.6 Å². The van der Waals surface area contributed by atoms with Crippen molar-refractivity contribution < 1.29 is 22.3 Å². The first-order valence-corrected chi connectivity index (χ1v) is 7.00. The number of aromatic nitrogens is 4. The highest BCUT2D eigenvalue weighted by atomic mass is 32.2. The van der Waals surface area contributed by atoms with E-state index in [1.807, 2.05) is 0 Å². The van der Waals surface area contributed by atoms with Gasteiger partial charge in [0.25, 0.3) is 15.0 Å². The number of nitrogens with zero attached hydrogens (tertiary/aromatic N) is 4. The van der Waals surface area contributed by atoms with Crippen LogP contribution < -0.4 is 0 Å². The third-order valence-corrected chi connectivity index (χ3v) is 3.58. The average Bonchev–Trinajstić information content (AvgIpc) is 2.77. The molecule has 0 saturated carbocycles. The number of tetrazole rings is 1. The summed E-state index contributed by atoms with van der Waals surface area (Å²) in [6.45, 7) is 6.23. The molecule has 1 rings (SSSR count). The Labute approximate surface area is 109 Å². The van der Waals surface area contributed by atoms with E-state index < -0.39 is 32.0 Å². The van der Waals surface area contributed by atoms with Crippen LogP contribution in [-0.2, 0) is 24.9 Å². The van der Waals surface area contributed by atoms with Gasteiger partial charge in [-0.1, -0.05) is 5.10 Å². The van der Waals surface area contributed by atoms with Crippen LogP contribution in [-0.4, -0.2) is 46.7 Å². The number of rotatable bonds is 4. The standard InChI is InChI=1S/C9H15FN4O4S/c1-5-18-7(15)6(10)19(16,17)8-11-12-13-14(8)9(2,3)4/h6H,5H2,1-4H3. The zero-order chi connectivity index (χ0) is 14.8. The largest absolute Gasteiger partial charge is 0.463 e. The number of alkyl halides is 1. The lowest BCUT2D eigenvalue weighted by molar-refractivity contribution is -0.145. The van der Waals surface area contributed by atoms with Crippen LogP contribution in [0.3, 0.4) is 0 Å². The van der Waals surface area contributed by atoms with Gasteiger partial charge in [0.05, 0.1) is 12.1 Å². The molecule has 0 saturated heterocycles. The molecule has 1 atom stereocenters. The first-order valence-electron chi connectivity index (χ1n) is 5.45. The summed E-state index contributed by atoms with van der Waals surface area (Å²) in [4.78, 5) is 11.2. The molecule has 108 valence electrons. The lowest BCUT2D eigenvalue weighted by Gasteiger charge is -2.19. The predicted molar refractivity (Wildman–Crippen MR) is 61.5 cm³/mol. The SMILES string of the molecule is CCOC(=O)C(F)S(=O)(=O)c1nnnn1C(C)(C)C. The number of ether oxygens (including phenoxy) is 1. The van der Waals surface area contributed by atoms with Crippen molar-refractivity contribution in [1.29, 1.82) is 0 Å². The van der Waals surface area contributed by atoms with Crippen LogP contribution in [0, 0.1) is 0 Å². The summed E-state index contributed by atoms with van der Waals surface area (Å²) in [6, 6.07) is 0. The Morgan fingerprint density at radius 2 is 2.05 bits per heavy atom. The summed E-state index contributed by atoms with van der Waals surface area (Å²) >= 11 is 0. The molecule has 1 heterocycles. The van der Waals surface area contributed by atoms with Gasteiger partial charge >= 0.3 is 11.5 Å². The molecule has 0 bridgehead atoms. The average molecular weight is 294 g/mol. The van der Waals surface area contributed by atoms with Gasteiger partial charge in [-0.3, -0.25) is 0 Å². The molecule has 0 aliphatic carbocycles. The van der Waals surface area contributed by atoms with Crippen molar-refractivity contribution in [2.75, 3.05) is 6.61 Å². The van der Waals surface area contributed by atoms with Gasteiger partial charge in [0.15, 0.2) is 0 Å². The molecule has 0 amide bonds. The van der Waals surface area contributed by atoms with Crippen molar-refractivity contribution in [3.63, 3.8) is 0 Å². The van der Waals surface area contributed by atoms with Crippen LogP contribution in [0.2, 0.25) is 0 Å². The first kappa shape index (κ1) is 15.5. The van der Waals surface area contributed by atoms with Crippen LogP contribution in [0.5, 0.6) is 0 Å². The van der Waals surface area contributed by atoms with E-state index in [-0.39, 0.29) is 6.61 Å². The molecule has 0 fully saturated rings. The molecule has 1 unspecified atom stereocenters. The molecule has 0 aromatic carbocycles. The van der Waals surface area contributed by atoms with Gasteiger partial charge in [0, 0.05) is 0 Å². The van der Waals surface area contributed by atoms with Gasteiger partial charge in [-0.05, 0) is 38.1 Å². The van der Waals surface area contributed by atoms with E-state index in [2.05, 4.69) is 20.3 Å². The molecule has 1 aromatic rings. The third kappa shape index (κ3) is 3.06. The quantitative estimate of drug-likeness (QED) is 0.723. The van der Waals surface area contributed by atoms with E-state index in [4.69, 9.17) is 0 Å². The molecule has 8 nitrogen and oxygen atoms in total. The van der Waals surface area contributed by atoms with Gasteiger partial charge in [0.2, 0.25) is 0 Å². The lowest BCUT2D eigenvalue weighted by Crippen LogP contribution is -2.34. The molecular weight excluding hydrogens is 279 g/mol. The van der Waals surface area contributed by atoms with E-state index in [0.717, 1.165) is 4.68 Å². The van der Waals surface area contributed by atoms with Gasteiger partial charge < -0.3 is 4.74 Å².